The maximum Gasteiger partial charge on any atom is 0.239 e. The number of amides is 1. The Hall–Kier alpha value is -1.56. The third-order valence-electron chi connectivity index (χ3n) is 5.17. The minimum Gasteiger partial charge on any atom is -0.341 e. The standard InChI is InChI=1S/C21H30N4O.2ClH/c1-2-7-17-10-6-11-25(14-17)21(26)20(22)12-19-15-24(16-23-19)13-18-8-4-3-5-9-18;;/h3-5,8-9,15-17,20H,2,6-7,10-14,22H2,1H3;2*1H/t17?,20-;;/m0../s1. The lowest BCUT2D eigenvalue weighted by Gasteiger charge is -2.34. The van der Waals surface area contributed by atoms with E-state index >= 15 is 0 Å². The molecule has 1 saturated heterocycles. The van der Waals surface area contributed by atoms with Gasteiger partial charge in [-0.25, -0.2) is 4.98 Å². The van der Waals surface area contributed by atoms with Gasteiger partial charge >= 0.3 is 0 Å². The summed E-state index contributed by atoms with van der Waals surface area (Å²) in [6.07, 6.45) is 9.01. The van der Waals surface area contributed by atoms with Crippen molar-refractivity contribution in [2.45, 2.75) is 51.6 Å². The van der Waals surface area contributed by atoms with Gasteiger partial charge in [0.2, 0.25) is 5.91 Å². The van der Waals surface area contributed by atoms with Gasteiger partial charge < -0.3 is 15.2 Å². The number of halogens is 2. The topological polar surface area (TPSA) is 64.2 Å². The number of nitrogens with zero attached hydrogens (tertiary/aromatic N) is 3. The second-order valence-corrected chi connectivity index (χ2v) is 7.41. The number of aromatic nitrogens is 2. The summed E-state index contributed by atoms with van der Waals surface area (Å²) in [4.78, 5) is 19.1. The van der Waals surface area contributed by atoms with Gasteiger partial charge in [-0.15, -0.1) is 24.8 Å². The average molecular weight is 427 g/mol. The molecule has 7 heteroatoms. The number of benzene rings is 1. The molecule has 2 heterocycles. The van der Waals surface area contributed by atoms with E-state index in [1.807, 2.05) is 40.2 Å². The number of likely N-dealkylation sites (tertiary alicyclic amines) is 1. The Labute approximate surface area is 180 Å². The van der Waals surface area contributed by atoms with E-state index in [1.54, 1.807) is 0 Å². The minimum atomic E-state index is -0.504. The smallest absolute Gasteiger partial charge is 0.239 e. The largest absolute Gasteiger partial charge is 0.341 e. The Morgan fingerprint density at radius 1 is 1.29 bits per heavy atom. The highest BCUT2D eigenvalue weighted by atomic mass is 35.5. The summed E-state index contributed by atoms with van der Waals surface area (Å²) in [6, 6.07) is 9.77. The monoisotopic (exact) mass is 426 g/mol. The van der Waals surface area contributed by atoms with Gasteiger partial charge in [0.1, 0.15) is 0 Å². The molecular weight excluding hydrogens is 395 g/mol. The lowest BCUT2D eigenvalue weighted by atomic mass is 9.93. The summed E-state index contributed by atoms with van der Waals surface area (Å²) in [5, 5.41) is 0. The van der Waals surface area contributed by atoms with Crippen LogP contribution in [0.15, 0.2) is 42.9 Å². The van der Waals surface area contributed by atoms with Crippen molar-refractivity contribution in [3.8, 4) is 0 Å². The summed E-state index contributed by atoms with van der Waals surface area (Å²) in [5.74, 6) is 0.707. The molecule has 1 amide bonds. The molecule has 0 aliphatic carbocycles. The molecule has 1 unspecified atom stereocenters. The Bertz CT molecular complexity index is 705. The molecule has 0 spiro atoms. The molecule has 2 atom stereocenters. The molecule has 1 aromatic heterocycles. The Kier molecular flexibility index (Phi) is 10.6. The lowest BCUT2D eigenvalue weighted by molar-refractivity contribution is -0.134. The first-order valence-electron chi connectivity index (χ1n) is 9.74. The van der Waals surface area contributed by atoms with Gasteiger partial charge in [0.25, 0.3) is 0 Å². The Balaban J connectivity index is 0.00000196. The van der Waals surface area contributed by atoms with Crippen molar-refractivity contribution in [1.29, 1.82) is 0 Å². The summed E-state index contributed by atoms with van der Waals surface area (Å²) in [7, 11) is 0. The number of nitrogens with two attached hydrogens (primary N) is 1. The SMILES string of the molecule is CCCC1CCCN(C(=O)[C@@H](N)Cc2cn(Cc3ccccc3)cn2)C1.Cl.Cl. The van der Waals surface area contributed by atoms with E-state index in [0.29, 0.717) is 12.3 Å². The average Bonchev–Trinajstić information content (AvgIpc) is 3.09. The molecule has 1 fully saturated rings. The molecule has 28 heavy (non-hydrogen) atoms. The molecule has 1 aromatic carbocycles. The van der Waals surface area contributed by atoms with E-state index in [-0.39, 0.29) is 30.7 Å². The number of rotatable bonds is 7. The number of carbonyl (C=O) groups excluding carboxylic acids is 1. The first-order valence-corrected chi connectivity index (χ1v) is 9.74. The number of carbonyl (C=O) groups is 1. The summed E-state index contributed by atoms with van der Waals surface area (Å²) < 4.78 is 2.04. The molecule has 0 saturated carbocycles. The molecule has 2 N–H and O–H groups in total. The van der Waals surface area contributed by atoms with E-state index < -0.39 is 6.04 Å². The second kappa shape index (κ2) is 12.1. The fourth-order valence-electron chi connectivity index (χ4n) is 3.85. The van der Waals surface area contributed by atoms with Gasteiger partial charge in [-0.05, 0) is 30.7 Å². The quantitative estimate of drug-likeness (QED) is 0.733. The number of hydrogen-bond donors (Lipinski definition) is 1. The van der Waals surface area contributed by atoms with Gasteiger partial charge in [-0.1, -0.05) is 43.7 Å². The maximum atomic E-state index is 12.7. The number of imidazole rings is 1. The zero-order valence-electron chi connectivity index (χ0n) is 16.5. The highest BCUT2D eigenvalue weighted by molar-refractivity contribution is 5.85. The van der Waals surface area contributed by atoms with E-state index in [1.165, 1.54) is 24.8 Å². The highest BCUT2D eigenvalue weighted by Gasteiger charge is 2.27. The van der Waals surface area contributed by atoms with Crippen molar-refractivity contribution in [2.75, 3.05) is 13.1 Å². The zero-order chi connectivity index (χ0) is 18.4. The van der Waals surface area contributed by atoms with Crippen LogP contribution in [0.2, 0.25) is 0 Å². The van der Waals surface area contributed by atoms with Crippen LogP contribution in [-0.2, 0) is 17.8 Å². The van der Waals surface area contributed by atoms with Crippen molar-refractivity contribution < 1.29 is 4.79 Å². The van der Waals surface area contributed by atoms with Crippen LogP contribution < -0.4 is 5.73 Å². The van der Waals surface area contributed by atoms with Crippen LogP contribution in [0.1, 0.15) is 43.9 Å². The van der Waals surface area contributed by atoms with Crippen LogP contribution in [0, 0.1) is 5.92 Å². The van der Waals surface area contributed by atoms with E-state index in [9.17, 15) is 4.79 Å². The summed E-state index contributed by atoms with van der Waals surface area (Å²) in [6.45, 7) is 4.69. The van der Waals surface area contributed by atoms with Crippen molar-refractivity contribution in [1.82, 2.24) is 14.5 Å². The van der Waals surface area contributed by atoms with E-state index in [0.717, 1.165) is 31.7 Å². The molecule has 3 rings (SSSR count). The first kappa shape index (κ1) is 24.5. The Morgan fingerprint density at radius 2 is 2.04 bits per heavy atom. The third kappa shape index (κ3) is 6.80. The van der Waals surface area contributed by atoms with Crippen LogP contribution in [-0.4, -0.2) is 39.5 Å². The van der Waals surface area contributed by atoms with E-state index in [4.69, 9.17) is 5.73 Å². The lowest BCUT2D eigenvalue weighted by Crippen LogP contribution is -2.48. The number of hydrogen-bond acceptors (Lipinski definition) is 3. The summed E-state index contributed by atoms with van der Waals surface area (Å²) in [5.41, 5.74) is 8.33. The predicted octanol–water partition coefficient (Wildman–Crippen LogP) is 3.68. The maximum absolute atomic E-state index is 12.7. The van der Waals surface area contributed by atoms with Crippen LogP contribution >= 0.6 is 24.8 Å². The molecular formula is C21H32Cl2N4O. The third-order valence-corrected chi connectivity index (χ3v) is 5.17. The van der Waals surface area contributed by atoms with Crippen LogP contribution in [0.4, 0.5) is 0 Å². The van der Waals surface area contributed by atoms with Crippen molar-refractivity contribution in [3.63, 3.8) is 0 Å². The fourth-order valence-corrected chi connectivity index (χ4v) is 3.85. The van der Waals surface area contributed by atoms with E-state index in [2.05, 4.69) is 24.0 Å². The predicted molar refractivity (Wildman–Crippen MR) is 118 cm³/mol. The van der Waals surface area contributed by atoms with Crippen LogP contribution in [0.25, 0.3) is 0 Å². The second-order valence-electron chi connectivity index (χ2n) is 7.41. The molecule has 0 bridgehead atoms. The van der Waals surface area contributed by atoms with Crippen molar-refractivity contribution >= 4 is 30.7 Å². The van der Waals surface area contributed by atoms with Gasteiger partial charge in [0.15, 0.2) is 0 Å². The highest BCUT2D eigenvalue weighted by Crippen LogP contribution is 2.21. The van der Waals surface area contributed by atoms with Crippen LogP contribution in [0.3, 0.4) is 0 Å². The Morgan fingerprint density at radius 3 is 2.75 bits per heavy atom. The van der Waals surface area contributed by atoms with Gasteiger partial charge in [-0.2, -0.15) is 0 Å². The summed E-state index contributed by atoms with van der Waals surface area (Å²) >= 11 is 0. The molecule has 1 aliphatic heterocycles. The van der Waals surface area contributed by atoms with Crippen molar-refractivity contribution in [2.24, 2.45) is 11.7 Å². The molecule has 5 nitrogen and oxygen atoms in total. The molecule has 156 valence electrons. The molecule has 2 aromatic rings. The van der Waals surface area contributed by atoms with Crippen molar-refractivity contribution in [3.05, 3.63) is 54.1 Å². The van der Waals surface area contributed by atoms with Gasteiger partial charge in [0.05, 0.1) is 18.1 Å². The van der Waals surface area contributed by atoms with Gasteiger partial charge in [-0.3, -0.25) is 4.79 Å². The minimum absolute atomic E-state index is 0. The van der Waals surface area contributed by atoms with Crippen LogP contribution in [0.5, 0.6) is 0 Å². The molecule has 0 radical (unpaired) electrons. The van der Waals surface area contributed by atoms with Gasteiger partial charge in [0, 0.05) is 32.3 Å². The fraction of sp³-hybridized carbons (Fsp3) is 0.524. The number of piperidine rings is 1. The normalized spacial score (nSPS) is 17.4. The zero-order valence-corrected chi connectivity index (χ0v) is 18.1. The molecule has 1 aliphatic rings. The first-order chi connectivity index (χ1) is 12.7.